The van der Waals surface area contributed by atoms with Gasteiger partial charge in [-0.15, -0.1) is 0 Å². The molecule has 1 aliphatic rings. The Bertz CT molecular complexity index is 533. The first-order chi connectivity index (χ1) is 9.25. The number of nitrogens with one attached hydrogen (secondary N) is 2. The molecule has 1 aromatic heterocycles. The first-order valence-corrected chi connectivity index (χ1v) is 7.09. The van der Waals surface area contributed by atoms with Crippen molar-refractivity contribution in [1.82, 2.24) is 15.5 Å². The van der Waals surface area contributed by atoms with Crippen LogP contribution in [0.15, 0.2) is 36.7 Å². The third-order valence-corrected chi connectivity index (χ3v) is 4.26. The molecule has 2 N–H and O–H groups in total. The van der Waals surface area contributed by atoms with E-state index in [-0.39, 0.29) is 0 Å². The van der Waals surface area contributed by atoms with Gasteiger partial charge in [-0.25, -0.2) is 0 Å². The van der Waals surface area contributed by atoms with Gasteiger partial charge in [0.15, 0.2) is 0 Å². The van der Waals surface area contributed by atoms with Crippen molar-refractivity contribution >= 4 is 0 Å². The molecule has 0 aliphatic heterocycles. The molecule has 3 rings (SSSR count). The van der Waals surface area contributed by atoms with E-state index in [0.717, 1.165) is 0 Å². The van der Waals surface area contributed by atoms with Gasteiger partial charge in [0.05, 0.1) is 6.20 Å². The average molecular weight is 255 g/mol. The van der Waals surface area contributed by atoms with Crippen LogP contribution >= 0.6 is 0 Å². The zero-order valence-electron chi connectivity index (χ0n) is 11.6. The van der Waals surface area contributed by atoms with Gasteiger partial charge in [-0.3, -0.25) is 5.10 Å². The fourth-order valence-electron chi connectivity index (χ4n) is 3.07. The fourth-order valence-corrected chi connectivity index (χ4v) is 3.07. The monoisotopic (exact) mass is 255 g/mol. The molecule has 3 unspecified atom stereocenters. The van der Waals surface area contributed by atoms with Gasteiger partial charge in [-0.1, -0.05) is 31.2 Å². The lowest BCUT2D eigenvalue weighted by molar-refractivity contribution is 0.396. The smallest absolute Gasteiger partial charge is 0.0534 e. The molecule has 100 valence electrons. The normalized spacial score (nSPS) is 23.9. The van der Waals surface area contributed by atoms with Crippen molar-refractivity contribution in [3.05, 3.63) is 53.3 Å². The molecule has 1 aromatic carbocycles. The van der Waals surface area contributed by atoms with Crippen molar-refractivity contribution in [2.45, 2.75) is 44.7 Å². The van der Waals surface area contributed by atoms with Crippen LogP contribution in [0.3, 0.4) is 0 Å². The number of aromatic amines is 1. The van der Waals surface area contributed by atoms with Gasteiger partial charge in [-0.05, 0) is 36.8 Å². The second-order valence-electron chi connectivity index (χ2n) is 5.58. The fraction of sp³-hybridized carbons (Fsp3) is 0.438. The Hall–Kier alpha value is -1.61. The summed E-state index contributed by atoms with van der Waals surface area (Å²) in [5.74, 6) is 0.679. The van der Waals surface area contributed by atoms with Crippen LogP contribution in [0.1, 0.15) is 61.4 Å². The molecular weight excluding hydrogens is 234 g/mol. The number of nitrogens with zero attached hydrogens (tertiary/aromatic N) is 1. The molecule has 3 atom stereocenters. The topological polar surface area (TPSA) is 40.7 Å². The number of H-pyrrole nitrogens is 1. The van der Waals surface area contributed by atoms with Crippen molar-refractivity contribution in [3.63, 3.8) is 0 Å². The lowest BCUT2D eigenvalue weighted by atomic mass is 9.81. The predicted molar refractivity (Wildman–Crippen MR) is 77.0 cm³/mol. The summed E-state index contributed by atoms with van der Waals surface area (Å²) in [7, 11) is 0. The summed E-state index contributed by atoms with van der Waals surface area (Å²) in [6.07, 6.45) is 6.33. The highest BCUT2D eigenvalue weighted by Crippen LogP contribution is 2.37. The van der Waals surface area contributed by atoms with E-state index in [2.05, 4.69) is 53.6 Å². The Morgan fingerprint density at radius 2 is 2.05 bits per heavy atom. The van der Waals surface area contributed by atoms with Crippen LogP contribution in [0.25, 0.3) is 0 Å². The molecule has 19 heavy (non-hydrogen) atoms. The molecule has 2 aromatic rings. The van der Waals surface area contributed by atoms with Gasteiger partial charge in [0.25, 0.3) is 0 Å². The van der Waals surface area contributed by atoms with Crippen molar-refractivity contribution in [3.8, 4) is 0 Å². The third-order valence-electron chi connectivity index (χ3n) is 4.26. The Balaban J connectivity index is 1.81. The van der Waals surface area contributed by atoms with Crippen LogP contribution in [-0.4, -0.2) is 10.2 Å². The van der Waals surface area contributed by atoms with E-state index >= 15 is 0 Å². The molecule has 0 fully saturated rings. The highest BCUT2D eigenvalue weighted by molar-refractivity contribution is 5.35. The van der Waals surface area contributed by atoms with Gasteiger partial charge in [0, 0.05) is 23.8 Å². The van der Waals surface area contributed by atoms with Crippen molar-refractivity contribution in [2.24, 2.45) is 0 Å². The van der Waals surface area contributed by atoms with E-state index in [9.17, 15) is 0 Å². The molecular formula is C16H21N3. The van der Waals surface area contributed by atoms with E-state index in [1.807, 2.05) is 12.4 Å². The lowest BCUT2D eigenvalue weighted by Gasteiger charge is -2.32. The summed E-state index contributed by atoms with van der Waals surface area (Å²) in [4.78, 5) is 0. The molecule has 0 spiro atoms. The van der Waals surface area contributed by atoms with E-state index in [1.165, 1.54) is 29.5 Å². The summed E-state index contributed by atoms with van der Waals surface area (Å²) >= 11 is 0. The minimum absolute atomic E-state index is 0.324. The molecule has 0 radical (unpaired) electrons. The molecule has 3 nitrogen and oxygen atoms in total. The van der Waals surface area contributed by atoms with Crippen LogP contribution in [-0.2, 0) is 0 Å². The van der Waals surface area contributed by atoms with Crippen LogP contribution < -0.4 is 5.32 Å². The van der Waals surface area contributed by atoms with Crippen LogP contribution in [0, 0.1) is 0 Å². The number of hydrogen-bond donors (Lipinski definition) is 2. The van der Waals surface area contributed by atoms with Crippen LogP contribution in [0.2, 0.25) is 0 Å². The average Bonchev–Trinajstić information content (AvgIpc) is 2.96. The zero-order valence-corrected chi connectivity index (χ0v) is 11.6. The maximum absolute atomic E-state index is 4.03. The van der Waals surface area contributed by atoms with Crippen molar-refractivity contribution in [2.75, 3.05) is 0 Å². The van der Waals surface area contributed by atoms with E-state index < -0.39 is 0 Å². The van der Waals surface area contributed by atoms with Gasteiger partial charge < -0.3 is 5.32 Å². The molecule has 0 bridgehead atoms. The molecule has 1 heterocycles. The zero-order chi connectivity index (χ0) is 13.2. The third kappa shape index (κ3) is 2.43. The highest BCUT2D eigenvalue weighted by Gasteiger charge is 2.25. The van der Waals surface area contributed by atoms with Gasteiger partial charge in [0.2, 0.25) is 0 Å². The van der Waals surface area contributed by atoms with Crippen molar-refractivity contribution in [1.29, 1.82) is 0 Å². The van der Waals surface area contributed by atoms with Crippen molar-refractivity contribution < 1.29 is 0 Å². The van der Waals surface area contributed by atoms with E-state index in [0.29, 0.717) is 18.0 Å². The molecule has 3 heteroatoms. The molecule has 0 saturated heterocycles. The number of benzene rings is 1. The highest BCUT2D eigenvalue weighted by atomic mass is 15.1. The van der Waals surface area contributed by atoms with E-state index in [4.69, 9.17) is 0 Å². The minimum atomic E-state index is 0.324. The Labute approximate surface area is 114 Å². The predicted octanol–water partition coefficient (Wildman–Crippen LogP) is 3.70. The maximum Gasteiger partial charge on any atom is 0.0534 e. The number of rotatable bonds is 3. The van der Waals surface area contributed by atoms with Gasteiger partial charge >= 0.3 is 0 Å². The SMILES string of the molecule is CC1CCC(NC(C)c2cn[nH]c2)c2ccccc21. The van der Waals surface area contributed by atoms with Crippen LogP contribution in [0.4, 0.5) is 0 Å². The molecule has 0 saturated carbocycles. The summed E-state index contributed by atoms with van der Waals surface area (Å²) in [6, 6.07) is 9.62. The van der Waals surface area contributed by atoms with Crippen LogP contribution in [0.5, 0.6) is 0 Å². The van der Waals surface area contributed by atoms with E-state index in [1.54, 1.807) is 0 Å². The Morgan fingerprint density at radius 3 is 2.79 bits per heavy atom. The second-order valence-corrected chi connectivity index (χ2v) is 5.58. The standard InChI is InChI=1S/C16H21N3/c1-11-7-8-16(15-6-4-3-5-14(11)15)19-12(2)13-9-17-18-10-13/h3-6,9-12,16,19H,7-8H2,1-2H3,(H,17,18). The lowest BCUT2D eigenvalue weighted by Crippen LogP contribution is -2.28. The summed E-state index contributed by atoms with van der Waals surface area (Å²) in [6.45, 7) is 4.53. The number of fused-ring (bicyclic) bond motifs is 1. The number of aromatic nitrogens is 2. The molecule has 0 amide bonds. The number of hydrogen-bond acceptors (Lipinski definition) is 2. The van der Waals surface area contributed by atoms with Gasteiger partial charge in [-0.2, -0.15) is 5.10 Å². The first kappa shape index (κ1) is 12.4. The quantitative estimate of drug-likeness (QED) is 0.878. The summed E-state index contributed by atoms with van der Waals surface area (Å²) < 4.78 is 0. The minimum Gasteiger partial charge on any atom is -0.303 e. The molecule has 1 aliphatic carbocycles. The second kappa shape index (κ2) is 5.17. The summed E-state index contributed by atoms with van der Waals surface area (Å²) in [5, 5.41) is 10.6. The largest absolute Gasteiger partial charge is 0.303 e. The van der Waals surface area contributed by atoms with Gasteiger partial charge in [0.1, 0.15) is 0 Å². The maximum atomic E-state index is 4.03. The Kier molecular flexibility index (Phi) is 3.38. The summed E-state index contributed by atoms with van der Waals surface area (Å²) in [5.41, 5.74) is 4.19. The Morgan fingerprint density at radius 1 is 1.26 bits per heavy atom. The first-order valence-electron chi connectivity index (χ1n) is 7.09.